The average molecular weight is 583 g/mol. The molecule has 2 fully saturated rings. The normalized spacial score (nSPS) is 35.0. The maximum Gasteiger partial charge on any atom is 0.345 e. The lowest BCUT2D eigenvalue weighted by atomic mass is 9.42. The van der Waals surface area contributed by atoms with Crippen LogP contribution < -0.4 is 10.4 Å². The van der Waals surface area contributed by atoms with Crippen LogP contribution in [0, 0.1) is 22.7 Å². The van der Waals surface area contributed by atoms with E-state index < -0.39 is 64.2 Å². The van der Waals surface area contributed by atoms with Gasteiger partial charge in [0, 0.05) is 43.7 Å². The summed E-state index contributed by atoms with van der Waals surface area (Å²) in [4.78, 5) is 49.9. The van der Waals surface area contributed by atoms with Crippen molar-refractivity contribution in [3.05, 3.63) is 52.4 Å². The Balaban J connectivity index is 1.66. The first-order chi connectivity index (χ1) is 19.7. The van der Waals surface area contributed by atoms with Crippen molar-refractivity contribution in [1.82, 2.24) is 0 Å². The molecule has 3 unspecified atom stereocenters. The van der Waals surface area contributed by atoms with Crippen LogP contribution in [0.3, 0.4) is 0 Å². The van der Waals surface area contributed by atoms with Gasteiger partial charge in [0.15, 0.2) is 0 Å². The van der Waals surface area contributed by atoms with Crippen molar-refractivity contribution in [1.29, 1.82) is 0 Å². The Hall–Kier alpha value is -3.66. The molecule has 8 atom stereocenters. The van der Waals surface area contributed by atoms with Crippen molar-refractivity contribution in [2.75, 3.05) is 6.61 Å². The van der Waals surface area contributed by atoms with Gasteiger partial charge in [0.25, 0.3) is 0 Å². The van der Waals surface area contributed by atoms with Crippen molar-refractivity contribution in [3.8, 4) is 17.1 Å². The number of ether oxygens (including phenoxy) is 4. The van der Waals surface area contributed by atoms with Gasteiger partial charge in [-0.1, -0.05) is 44.2 Å². The van der Waals surface area contributed by atoms with Crippen LogP contribution in [0.5, 0.6) is 5.75 Å². The number of hydrogen-bond acceptors (Lipinski definition) is 10. The van der Waals surface area contributed by atoms with E-state index in [1.807, 2.05) is 32.0 Å². The van der Waals surface area contributed by atoms with Crippen LogP contribution in [-0.2, 0) is 28.6 Å². The average Bonchev–Trinajstić information content (AvgIpc) is 2.90. The number of benzene rings is 1. The van der Waals surface area contributed by atoms with Gasteiger partial charge in [0.1, 0.15) is 41.5 Å². The molecule has 1 aromatic heterocycles. The molecule has 0 spiro atoms. The van der Waals surface area contributed by atoms with Crippen LogP contribution in [0.2, 0.25) is 0 Å². The quantitative estimate of drug-likeness (QED) is 0.400. The fourth-order valence-electron chi connectivity index (χ4n) is 8.13. The van der Waals surface area contributed by atoms with E-state index in [-0.39, 0.29) is 36.0 Å². The highest BCUT2D eigenvalue weighted by Gasteiger charge is 2.70. The molecule has 10 heteroatoms. The molecule has 1 N–H and O–H groups in total. The van der Waals surface area contributed by atoms with Gasteiger partial charge in [-0.3, -0.25) is 14.4 Å². The first-order valence-electron chi connectivity index (χ1n) is 14.3. The summed E-state index contributed by atoms with van der Waals surface area (Å²) in [5, 5.41) is 12.1. The molecule has 2 aliphatic carbocycles. The summed E-state index contributed by atoms with van der Waals surface area (Å²) in [6.07, 6.45) is -1.55. The summed E-state index contributed by atoms with van der Waals surface area (Å²) in [7, 11) is 0. The highest BCUT2D eigenvalue weighted by Crippen LogP contribution is 2.67. The van der Waals surface area contributed by atoms with Gasteiger partial charge in [0.05, 0.1) is 6.10 Å². The second kappa shape index (κ2) is 10.6. The van der Waals surface area contributed by atoms with Crippen LogP contribution in [0.15, 0.2) is 45.6 Å². The number of aliphatic hydroxyl groups excluding tert-OH is 1. The molecular formula is C32H38O10. The van der Waals surface area contributed by atoms with Crippen LogP contribution in [0.25, 0.3) is 11.3 Å². The number of hydrogen-bond donors (Lipinski definition) is 1. The monoisotopic (exact) mass is 582 g/mol. The van der Waals surface area contributed by atoms with Gasteiger partial charge in [-0.25, -0.2) is 4.79 Å². The number of carbonyl (C=O) groups excluding carboxylic acids is 3. The van der Waals surface area contributed by atoms with Crippen LogP contribution >= 0.6 is 0 Å². The van der Waals surface area contributed by atoms with Crippen molar-refractivity contribution >= 4 is 17.9 Å². The van der Waals surface area contributed by atoms with Gasteiger partial charge < -0.3 is 28.5 Å². The highest BCUT2D eigenvalue weighted by atomic mass is 16.6. The maximum atomic E-state index is 13.4. The Morgan fingerprint density at radius 3 is 2.24 bits per heavy atom. The van der Waals surface area contributed by atoms with Crippen LogP contribution in [-0.4, -0.2) is 47.4 Å². The first-order valence-corrected chi connectivity index (χ1v) is 14.3. The SMILES string of the molecule is CC(=O)OCC1(C)[C@@H]2C[C@H](OC(C)=O)C3(C)Oc4cc(-c5ccccc5)oc(=O)c4[C@H](O)[C@@H]3C2(C)CC[C@@H]1OC(C)=O. The number of esters is 3. The molecule has 2 heterocycles. The summed E-state index contributed by atoms with van der Waals surface area (Å²) in [5.41, 5.74) is -2.90. The Kier molecular flexibility index (Phi) is 7.50. The predicted octanol–water partition coefficient (Wildman–Crippen LogP) is 4.36. The van der Waals surface area contributed by atoms with Gasteiger partial charge in [-0.15, -0.1) is 0 Å². The molecule has 10 nitrogen and oxygen atoms in total. The number of aliphatic hydroxyl groups is 1. The Labute approximate surface area is 244 Å². The molecule has 0 amide bonds. The van der Waals surface area contributed by atoms with Crippen molar-refractivity contribution in [2.24, 2.45) is 22.7 Å². The molecule has 0 saturated heterocycles. The molecule has 5 rings (SSSR count). The topological polar surface area (TPSA) is 139 Å². The van der Waals surface area contributed by atoms with Gasteiger partial charge in [-0.05, 0) is 37.5 Å². The maximum absolute atomic E-state index is 13.4. The van der Waals surface area contributed by atoms with E-state index in [1.165, 1.54) is 20.8 Å². The minimum absolute atomic E-state index is 0.00408. The van der Waals surface area contributed by atoms with Crippen molar-refractivity contribution in [3.63, 3.8) is 0 Å². The zero-order valence-corrected chi connectivity index (χ0v) is 24.8. The van der Waals surface area contributed by atoms with E-state index in [4.69, 9.17) is 23.4 Å². The van der Waals surface area contributed by atoms with Gasteiger partial charge in [0.2, 0.25) is 0 Å². The minimum Gasteiger partial charge on any atom is -0.482 e. The van der Waals surface area contributed by atoms with E-state index in [2.05, 4.69) is 0 Å². The van der Waals surface area contributed by atoms with Crippen LogP contribution in [0.1, 0.15) is 72.5 Å². The summed E-state index contributed by atoms with van der Waals surface area (Å²) < 4.78 is 29.5. The molecule has 42 heavy (non-hydrogen) atoms. The molecular weight excluding hydrogens is 544 g/mol. The molecule has 2 aromatic rings. The van der Waals surface area contributed by atoms with E-state index in [0.717, 1.165) is 0 Å². The third-order valence-corrected chi connectivity index (χ3v) is 9.84. The Morgan fingerprint density at radius 2 is 1.62 bits per heavy atom. The van der Waals surface area contributed by atoms with Crippen molar-refractivity contribution in [2.45, 2.75) is 84.7 Å². The molecule has 1 aromatic carbocycles. The lowest BCUT2D eigenvalue weighted by molar-refractivity contribution is -0.270. The van der Waals surface area contributed by atoms with E-state index in [0.29, 0.717) is 18.4 Å². The van der Waals surface area contributed by atoms with Gasteiger partial charge >= 0.3 is 23.5 Å². The molecule has 2 saturated carbocycles. The van der Waals surface area contributed by atoms with E-state index in [9.17, 15) is 24.3 Å². The second-order valence-corrected chi connectivity index (χ2v) is 12.6. The van der Waals surface area contributed by atoms with Gasteiger partial charge in [-0.2, -0.15) is 0 Å². The molecule has 0 radical (unpaired) electrons. The van der Waals surface area contributed by atoms with Crippen LogP contribution in [0.4, 0.5) is 0 Å². The molecule has 0 bridgehead atoms. The number of fused-ring (bicyclic) bond motifs is 4. The first kappa shape index (κ1) is 29.8. The van der Waals surface area contributed by atoms with E-state index in [1.54, 1.807) is 25.1 Å². The smallest absolute Gasteiger partial charge is 0.345 e. The lowest BCUT2D eigenvalue weighted by Gasteiger charge is -2.66. The van der Waals surface area contributed by atoms with Crippen molar-refractivity contribution < 1.29 is 42.9 Å². The lowest BCUT2D eigenvalue weighted by Crippen LogP contribution is -2.71. The number of rotatable bonds is 5. The molecule has 3 aliphatic rings. The molecule has 226 valence electrons. The summed E-state index contributed by atoms with van der Waals surface area (Å²) in [6.45, 7) is 9.61. The Morgan fingerprint density at radius 1 is 0.976 bits per heavy atom. The fraction of sp³-hybridized carbons (Fsp3) is 0.562. The standard InChI is InChI=1S/C32H38O10/c1-17(33)38-16-31(5)23-15-25(40-19(3)35)32(6)28(30(23,4)13-12-24(31)39-18(2)34)27(36)26-22(42-32)14-21(41-29(26)37)20-10-8-7-9-11-20/h7-11,14,23-25,27-28,36H,12-13,15-16H2,1-6H3/t23-,24+,25+,27+,28-,30?,31?,32?/m1/s1. The second-order valence-electron chi connectivity index (χ2n) is 12.6. The van der Waals surface area contributed by atoms with E-state index >= 15 is 0 Å². The molecule has 1 aliphatic heterocycles. The zero-order chi connectivity index (χ0) is 30.6. The largest absolute Gasteiger partial charge is 0.482 e. The predicted molar refractivity (Wildman–Crippen MR) is 149 cm³/mol. The summed E-state index contributed by atoms with van der Waals surface area (Å²) in [6, 6.07) is 10.7. The third kappa shape index (κ3) is 4.79. The highest BCUT2D eigenvalue weighted by molar-refractivity contribution is 5.67. The summed E-state index contributed by atoms with van der Waals surface area (Å²) >= 11 is 0. The zero-order valence-electron chi connectivity index (χ0n) is 24.8. The Bertz CT molecular complexity index is 1450. The fourth-order valence-corrected chi connectivity index (χ4v) is 8.13. The summed E-state index contributed by atoms with van der Waals surface area (Å²) in [5.74, 6) is -2.12. The minimum atomic E-state index is -1.33. The number of carbonyl (C=O) groups is 3. The third-order valence-electron chi connectivity index (χ3n) is 9.84.